The molecule has 212 valence electrons. The van der Waals surface area contributed by atoms with E-state index in [0.29, 0.717) is 0 Å². The van der Waals surface area contributed by atoms with Gasteiger partial charge in [-0.2, -0.15) is 0 Å². The van der Waals surface area contributed by atoms with Gasteiger partial charge in [0.15, 0.2) is 0 Å². The quantitative estimate of drug-likeness (QED) is 0.314. The van der Waals surface area contributed by atoms with Crippen LogP contribution in [-0.2, 0) is 45.3 Å². The summed E-state index contributed by atoms with van der Waals surface area (Å²) in [6, 6.07) is -0.304. The molecule has 6 rings (SSSR count). The average Bonchev–Trinajstić information content (AvgIpc) is 2.87. The molecule has 9 unspecified atom stereocenters. The molecule has 8 bridgehead atoms. The number of aliphatic hydroxyl groups is 2. The molecule has 9 atom stereocenters. The van der Waals surface area contributed by atoms with Gasteiger partial charge in [-0.25, -0.2) is 0 Å². The minimum absolute atomic E-state index is 0.0308. The fourth-order valence-electron chi connectivity index (χ4n) is 4.73. The van der Waals surface area contributed by atoms with E-state index < -0.39 is 82.7 Å². The SMILES string of the molecule is C=C[Si]12C[Si]3(C=C)O[Si]4(C=C)O[Si](C=C)(O1)O[Si]1(C=C)O[Si](C=C)(O2)O[Si](CC(O)CO)(O3)O[Si](C=C)(O4)O1. The van der Waals surface area contributed by atoms with Gasteiger partial charge in [-0.15, -0.1) is 46.1 Å². The molecule has 0 aromatic heterocycles. The summed E-state index contributed by atoms with van der Waals surface area (Å²) < 4.78 is 73.5. The van der Waals surface area contributed by atoms with Gasteiger partial charge in [0, 0.05) is 11.7 Å². The summed E-state index contributed by atoms with van der Waals surface area (Å²) in [7, 11) is -32.4. The summed E-state index contributed by atoms with van der Waals surface area (Å²) in [6.07, 6.45) is -1.32. The summed E-state index contributed by atoms with van der Waals surface area (Å²) in [6.45, 7) is 27.0. The van der Waals surface area contributed by atoms with Crippen LogP contribution in [0.2, 0.25) is 11.7 Å². The zero-order valence-corrected chi connectivity index (χ0v) is 29.1. The number of aliphatic hydroxyl groups excluding tert-OH is 2. The van der Waals surface area contributed by atoms with Gasteiger partial charge in [0.25, 0.3) is 0 Å². The van der Waals surface area contributed by atoms with Crippen LogP contribution >= 0.6 is 0 Å². The largest absolute Gasteiger partial charge is 0.507 e. The minimum atomic E-state index is -4.26. The highest BCUT2D eigenvalue weighted by atomic mass is 28.6. The molecule has 2 N–H and O–H groups in total. The molecular formula is C18H30O13Si8. The predicted molar refractivity (Wildman–Crippen MR) is 152 cm³/mol. The monoisotopic (exact) mass is 678 g/mol. The van der Waals surface area contributed by atoms with Gasteiger partial charge in [-0.1, -0.05) is 11.4 Å². The highest BCUT2D eigenvalue weighted by Gasteiger charge is 2.80. The summed E-state index contributed by atoms with van der Waals surface area (Å²) in [4.78, 5) is 0. The molecule has 0 aromatic carbocycles. The Bertz CT molecular complexity index is 997. The Balaban J connectivity index is 1.90. The lowest BCUT2D eigenvalue weighted by Gasteiger charge is -2.61. The molecule has 6 aliphatic heterocycles. The van der Waals surface area contributed by atoms with E-state index in [-0.39, 0.29) is 11.7 Å². The van der Waals surface area contributed by atoms with Crippen LogP contribution in [0, 0.1) is 0 Å². The van der Waals surface area contributed by atoms with Crippen LogP contribution in [0.1, 0.15) is 0 Å². The lowest BCUT2D eigenvalue weighted by molar-refractivity contribution is 0.0161. The fourth-order valence-corrected chi connectivity index (χ4v) is 50.5. The van der Waals surface area contributed by atoms with Crippen molar-refractivity contribution in [3.8, 4) is 0 Å². The zero-order valence-electron chi connectivity index (χ0n) is 21.1. The van der Waals surface area contributed by atoms with Gasteiger partial charge in [0.1, 0.15) is 0 Å². The van der Waals surface area contributed by atoms with Crippen molar-refractivity contribution in [1.82, 2.24) is 0 Å². The maximum absolute atomic E-state index is 10.7. The molecule has 0 spiro atoms. The van der Waals surface area contributed by atoms with Crippen LogP contribution < -0.4 is 0 Å². The van der Waals surface area contributed by atoms with Crippen LogP contribution in [0.25, 0.3) is 0 Å². The first-order valence-electron chi connectivity index (χ1n) is 11.8. The molecule has 0 amide bonds. The van der Waals surface area contributed by atoms with Crippen LogP contribution in [0.5, 0.6) is 0 Å². The average molecular weight is 679 g/mol. The van der Waals surface area contributed by atoms with E-state index in [0.717, 1.165) is 0 Å². The van der Waals surface area contributed by atoms with E-state index in [2.05, 4.69) is 46.1 Å². The third kappa shape index (κ3) is 4.74. The third-order valence-corrected chi connectivity index (χ3v) is 41.3. The Kier molecular flexibility index (Phi) is 7.44. The lowest BCUT2D eigenvalue weighted by Crippen LogP contribution is -2.86. The van der Waals surface area contributed by atoms with Crippen molar-refractivity contribution >= 4 is 69.9 Å². The fraction of sp³-hybridized carbons (Fsp3) is 0.222. The first kappa shape index (κ1) is 29.9. The second-order valence-electron chi connectivity index (χ2n) is 9.09. The molecule has 39 heavy (non-hydrogen) atoms. The zero-order chi connectivity index (χ0) is 28.4. The summed E-state index contributed by atoms with van der Waals surface area (Å²) in [5.74, 6) is 0. The van der Waals surface area contributed by atoms with Gasteiger partial charge < -0.3 is 55.5 Å². The first-order chi connectivity index (χ1) is 18.4. The van der Waals surface area contributed by atoms with Gasteiger partial charge in [0.05, 0.1) is 12.7 Å². The van der Waals surface area contributed by atoms with Gasteiger partial charge >= 0.3 is 69.9 Å². The highest BCUT2D eigenvalue weighted by Crippen LogP contribution is 2.51. The standard InChI is InChI=1S/C18H30O13Si8/c1-8-32-17-33(9-2)23-35(11-4)25-34(10-3,21-32)26-37(13-6)28-36(12-5,22-32)30-39(24-33,16-18(20)15-19)31-38(14-7,27-35)29-37/h8-14,18-20H,1-7,15-17H2. The Hall–Kier alpha value is -0.605. The lowest BCUT2D eigenvalue weighted by atomic mass is 10.4. The number of hydrogen-bond acceptors (Lipinski definition) is 13. The van der Waals surface area contributed by atoms with E-state index >= 15 is 0 Å². The van der Waals surface area contributed by atoms with E-state index in [9.17, 15) is 10.2 Å². The van der Waals surface area contributed by atoms with Gasteiger partial charge in [-0.3, -0.25) is 0 Å². The van der Waals surface area contributed by atoms with Crippen LogP contribution in [0.15, 0.2) is 85.9 Å². The van der Waals surface area contributed by atoms with E-state index in [1.54, 1.807) is 0 Å². The maximum Gasteiger partial charge on any atom is 0.507 e. The van der Waals surface area contributed by atoms with Crippen molar-refractivity contribution in [2.24, 2.45) is 0 Å². The van der Waals surface area contributed by atoms with Crippen molar-refractivity contribution in [2.45, 2.75) is 17.8 Å². The minimum Gasteiger partial charge on any atom is -0.394 e. The molecule has 6 fully saturated rings. The Morgan fingerprint density at radius 1 is 0.513 bits per heavy atom. The normalized spacial score (nSPS) is 50.7. The molecule has 0 radical (unpaired) electrons. The highest BCUT2D eigenvalue weighted by molar-refractivity contribution is 7.10. The molecular weight excluding hydrogens is 649 g/mol. The maximum atomic E-state index is 10.7. The molecule has 13 nitrogen and oxygen atoms in total. The topological polar surface area (TPSA) is 142 Å². The van der Waals surface area contributed by atoms with Crippen molar-refractivity contribution < 1.29 is 55.5 Å². The van der Waals surface area contributed by atoms with Gasteiger partial charge in [-0.05, 0) is 28.5 Å². The third-order valence-electron chi connectivity index (χ3n) is 6.35. The Morgan fingerprint density at radius 2 is 0.846 bits per heavy atom. The van der Waals surface area contributed by atoms with E-state index in [1.807, 2.05) is 0 Å². The smallest absolute Gasteiger partial charge is 0.394 e. The second-order valence-corrected chi connectivity index (χ2v) is 33.4. The molecule has 0 saturated carbocycles. The molecule has 0 aromatic rings. The Morgan fingerprint density at radius 3 is 1.21 bits per heavy atom. The van der Waals surface area contributed by atoms with Crippen molar-refractivity contribution in [3.63, 3.8) is 0 Å². The molecule has 6 heterocycles. The number of hydrogen-bond donors (Lipinski definition) is 2. The molecule has 0 aliphatic carbocycles. The van der Waals surface area contributed by atoms with Crippen molar-refractivity contribution in [2.75, 3.05) is 6.61 Å². The van der Waals surface area contributed by atoms with Gasteiger partial charge in [0.2, 0.25) is 0 Å². The molecule has 6 aliphatic rings. The Labute approximate surface area is 235 Å². The summed E-state index contributed by atoms with van der Waals surface area (Å²) >= 11 is 0. The van der Waals surface area contributed by atoms with E-state index in [4.69, 9.17) is 45.3 Å². The van der Waals surface area contributed by atoms with E-state index in [1.165, 1.54) is 39.9 Å². The molecule has 6 saturated heterocycles. The van der Waals surface area contributed by atoms with Crippen molar-refractivity contribution in [3.05, 3.63) is 85.9 Å². The predicted octanol–water partition coefficient (Wildman–Crippen LogP) is 0.724. The molecule has 21 heteroatoms. The van der Waals surface area contributed by atoms with Crippen LogP contribution in [0.3, 0.4) is 0 Å². The van der Waals surface area contributed by atoms with Crippen LogP contribution in [-0.4, -0.2) is 92.9 Å². The number of rotatable bonds is 10. The first-order valence-corrected chi connectivity index (χ1v) is 27.0. The second kappa shape index (κ2) is 9.72. The summed E-state index contributed by atoms with van der Waals surface area (Å²) in [5, 5.41) is 20.4. The van der Waals surface area contributed by atoms with Crippen molar-refractivity contribution in [1.29, 1.82) is 0 Å². The summed E-state index contributed by atoms with van der Waals surface area (Å²) in [5.41, 5.74) is 9.93. The van der Waals surface area contributed by atoms with Crippen LogP contribution in [0.4, 0.5) is 0 Å².